The molecule has 17 heavy (non-hydrogen) atoms. The highest BCUT2D eigenvalue weighted by molar-refractivity contribution is 9.10. The molecule has 0 bridgehead atoms. The first-order valence-corrected chi connectivity index (χ1v) is 9.08. The van der Waals surface area contributed by atoms with Crippen molar-refractivity contribution in [3.63, 3.8) is 0 Å². The third-order valence-electron chi connectivity index (χ3n) is 3.35. The fourth-order valence-corrected chi connectivity index (χ4v) is 5.67. The van der Waals surface area contributed by atoms with Gasteiger partial charge in [0.25, 0.3) is 0 Å². The fourth-order valence-electron chi connectivity index (χ4n) is 2.14. The van der Waals surface area contributed by atoms with Crippen molar-refractivity contribution in [1.29, 1.82) is 0 Å². The normalized spacial score (nSPS) is 18.7. The first-order valence-electron chi connectivity index (χ1n) is 5.52. The summed E-state index contributed by atoms with van der Waals surface area (Å²) in [5.74, 6) is 0.252. The zero-order valence-corrected chi connectivity index (χ0v) is 13.3. The third kappa shape index (κ3) is 2.93. The number of alkyl halides is 1. The summed E-state index contributed by atoms with van der Waals surface area (Å²) in [6.45, 7) is 0. The summed E-state index contributed by atoms with van der Waals surface area (Å²) in [6, 6.07) is 6.94. The Morgan fingerprint density at radius 3 is 2.47 bits per heavy atom. The summed E-state index contributed by atoms with van der Waals surface area (Å²) >= 11 is 6.76. The quantitative estimate of drug-likeness (QED) is 0.743. The Balaban J connectivity index is 2.25. The Kier molecular flexibility index (Phi) is 4.00. The molecule has 0 unspecified atom stereocenters. The lowest BCUT2D eigenvalue weighted by Gasteiger charge is -2.40. The number of halogens is 2. The minimum atomic E-state index is -3.17. The molecule has 0 N–H and O–H groups in total. The number of hydrogen-bond acceptors (Lipinski definition) is 2. The summed E-state index contributed by atoms with van der Waals surface area (Å²) in [6.07, 6.45) is 3.15. The molecule has 1 aromatic rings. The lowest BCUT2D eigenvalue weighted by molar-refractivity contribution is 0.203. The van der Waals surface area contributed by atoms with E-state index in [-0.39, 0.29) is 11.2 Å². The van der Waals surface area contributed by atoms with Crippen molar-refractivity contribution < 1.29 is 8.42 Å². The standard InChI is InChI=1S/C12H14Br2O2S/c13-8-12(5-2-6-12)9-17(15,16)11-4-1-3-10(14)7-11/h1,3-4,7H,2,5-6,8-9H2. The van der Waals surface area contributed by atoms with Crippen LogP contribution in [-0.2, 0) is 9.84 Å². The van der Waals surface area contributed by atoms with Gasteiger partial charge in [-0.25, -0.2) is 8.42 Å². The van der Waals surface area contributed by atoms with Gasteiger partial charge in [0.1, 0.15) is 0 Å². The molecule has 0 aliphatic heterocycles. The number of benzene rings is 1. The average molecular weight is 382 g/mol. The van der Waals surface area contributed by atoms with Gasteiger partial charge >= 0.3 is 0 Å². The van der Waals surface area contributed by atoms with Crippen LogP contribution in [0.25, 0.3) is 0 Å². The van der Waals surface area contributed by atoms with E-state index in [2.05, 4.69) is 31.9 Å². The second-order valence-electron chi connectivity index (χ2n) is 4.70. The molecule has 0 spiro atoms. The molecular weight excluding hydrogens is 368 g/mol. The molecule has 0 radical (unpaired) electrons. The van der Waals surface area contributed by atoms with Crippen LogP contribution < -0.4 is 0 Å². The Labute approximate surface area is 119 Å². The van der Waals surface area contributed by atoms with Crippen LogP contribution in [0.4, 0.5) is 0 Å². The second kappa shape index (κ2) is 5.02. The largest absolute Gasteiger partial charge is 0.224 e. The van der Waals surface area contributed by atoms with Gasteiger partial charge in [-0.1, -0.05) is 44.3 Å². The van der Waals surface area contributed by atoms with E-state index in [0.717, 1.165) is 29.1 Å². The van der Waals surface area contributed by atoms with Gasteiger partial charge in [-0.05, 0) is 36.5 Å². The maximum absolute atomic E-state index is 12.3. The SMILES string of the molecule is O=S(=O)(CC1(CBr)CCC1)c1cccc(Br)c1. The second-order valence-corrected chi connectivity index (χ2v) is 8.17. The molecule has 1 aliphatic rings. The molecule has 1 aliphatic carbocycles. The van der Waals surface area contributed by atoms with Gasteiger partial charge in [0.15, 0.2) is 9.84 Å². The van der Waals surface area contributed by atoms with Crippen molar-refractivity contribution in [2.24, 2.45) is 5.41 Å². The molecule has 1 fully saturated rings. The molecule has 0 aromatic heterocycles. The topological polar surface area (TPSA) is 34.1 Å². The van der Waals surface area contributed by atoms with Crippen LogP contribution >= 0.6 is 31.9 Å². The van der Waals surface area contributed by atoms with Gasteiger partial charge in [-0.2, -0.15) is 0 Å². The van der Waals surface area contributed by atoms with Crippen LogP contribution in [-0.4, -0.2) is 19.5 Å². The summed E-state index contributed by atoms with van der Waals surface area (Å²) in [7, 11) is -3.17. The van der Waals surface area contributed by atoms with E-state index in [0.29, 0.717) is 4.90 Å². The molecule has 0 heterocycles. The van der Waals surface area contributed by atoms with Crippen LogP contribution in [0.3, 0.4) is 0 Å². The first kappa shape index (κ1) is 13.6. The van der Waals surface area contributed by atoms with Gasteiger partial charge in [0.2, 0.25) is 0 Å². The summed E-state index contributed by atoms with van der Waals surface area (Å²) in [5, 5.41) is 0.771. The minimum Gasteiger partial charge on any atom is -0.224 e. The van der Waals surface area contributed by atoms with E-state index >= 15 is 0 Å². The highest BCUT2D eigenvalue weighted by Gasteiger charge is 2.40. The van der Waals surface area contributed by atoms with Gasteiger partial charge < -0.3 is 0 Å². The monoisotopic (exact) mass is 380 g/mol. The van der Waals surface area contributed by atoms with Crippen LogP contribution in [0, 0.1) is 5.41 Å². The molecular formula is C12H14Br2O2S. The smallest absolute Gasteiger partial charge is 0.178 e. The maximum Gasteiger partial charge on any atom is 0.178 e. The zero-order chi connectivity index (χ0) is 12.5. The first-order chi connectivity index (χ1) is 7.97. The van der Waals surface area contributed by atoms with Crippen molar-refractivity contribution in [3.8, 4) is 0 Å². The summed E-state index contributed by atoms with van der Waals surface area (Å²) < 4.78 is 25.4. The molecule has 0 saturated heterocycles. The minimum absolute atomic E-state index is 0.0405. The molecule has 1 saturated carbocycles. The van der Waals surface area contributed by atoms with Crippen molar-refractivity contribution in [3.05, 3.63) is 28.7 Å². The van der Waals surface area contributed by atoms with E-state index in [4.69, 9.17) is 0 Å². The van der Waals surface area contributed by atoms with Crippen LogP contribution in [0.2, 0.25) is 0 Å². The lowest BCUT2D eigenvalue weighted by Crippen LogP contribution is -2.38. The van der Waals surface area contributed by atoms with E-state index in [1.807, 2.05) is 6.07 Å². The van der Waals surface area contributed by atoms with E-state index in [1.54, 1.807) is 18.2 Å². The fraction of sp³-hybridized carbons (Fsp3) is 0.500. The van der Waals surface area contributed by atoms with Crippen LogP contribution in [0.15, 0.2) is 33.6 Å². The van der Waals surface area contributed by atoms with Crippen LogP contribution in [0.1, 0.15) is 19.3 Å². The molecule has 0 atom stereocenters. The molecule has 2 nitrogen and oxygen atoms in total. The Morgan fingerprint density at radius 2 is 2.00 bits per heavy atom. The van der Waals surface area contributed by atoms with Gasteiger partial charge in [-0.3, -0.25) is 0 Å². The Morgan fingerprint density at radius 1 is 1.29 bits per heavy atom. The van der Waals surface area contributed by atoms with Crippen molar-refractivity contribution >= 4 is 41.7 Å². The van der Waals surface area contributed by atoms with Crippen molar-refractivity contribution in [2.75, 3.05) is 11.1 Å². The number of rotatable bonds is 4. The zero-order valence-electron chi connectivity index (χ0n) is 9.33. The van der Waals surface area contributed by atoms with Gasteiger partial charge in [-0.15, -0.1) is 0 Å². The molecule has 2 rings (SSSR count). The van der Waals surface area contributed by atoms with Crippen LogP contribution in [0.5, 0.6) is 0 Å². The number of sulfone groups is 1. The molecule has 0 amide bonds. The van der Waals surface area contributed by atoms with Gasteiger partial charge in [0, 0.05) is 9.80 Å². The summed E-state index contributed by atoms with van der Waals surface area (Å²) in [4.78, 5) is 0.416. The van der Waals surface area contributed by atoms with Gasteiger partial charge in [0.05, 0.1) is 10.6 Å². The van der Waals surface area contributed by atoms with Crippen molar-refractivity contribution in [1.82, 2.24) is 0 Å². The average Bonchev–Trinajstić information content (AvgIpc) is 2.24. The van der Waals surface area contributed by atoms with E-state index in [9.17, 15) is 8.42 Å². The van der Waals surface area contributed by atoms with E-state index in [1.165, 1.54) is 0 Å². The molecule has 5 heteroatoms. The highest BCUT2D eigenvalue weighted by atomic mass is 79.9. The Bertz CT molecular complexity index is 501. The Hall–Kier alpha value is 0.130. The predicted molar refractivity (Wildman–Crippen MR) is 76.3 cm³/mol. The number of hydrogen-bond donors (Lipinski definition) is 0. The molecule has 1 aromatic carbocycles. The van der Waals surface area contributed by atoms with E-state index < -0.39 is 9.84 Å². The third-order valence-corrected chi connectivity index (χ3v) is 7.00. The lowest BCUT2D eigenvalue weighted by atomic mass is 9.72. The summed E-state index contributed by atoms with van der Waals surface area (Å²) in [5.41, 5.74) is -0.0405. The van der Waals surface area contributed by atoms with Crippen molar-refractivity contribution in [2.45, 2.75) is 24.2 Å². The molecule has 94 valence electrons. The predicted octanol–water partition coefficient (Wildman–Crippen LogP) is 3.79. The highest BCUT2D eigenvalue weighted by Crippen LogP contribution is 2.44. The maximum atomic E-state index is 12.3.